The zero-order chi connectivity index (χ0) is 13.8. The van der Waals surface area contributed by atoms with Gasteiger partial charge in [-0.25, -0.2) is 0 Å². The summed E-state index contributed by atoms with van der Waals surface area (Å²) >= 11 is 0. The van der Waals surface area contributed by atoms with Crippen LogP contribution >= 0.6 is 0 Å². The lowest BCUT2D eigenvalue weighted by atomic mass is 10.1. The van der Waals surface area contributed by atoms with Gasteiger partial charge in [-0.3, -0.25) is 9.69 Å². The van der Waals surface area contributed by atoms with E-state index in [4.69, 9.17) is 4.74 Å². The molecule has 0 aliphatic carbocycles. The molecule has 1 aromatic rings. The Morgan fingerprint density at radius 1 is 1.32 bits per heavy atom. The van der Waals surface area contributed by atoms with Crippen molar-refractivity contribution in [3.05, 3.63) is 29.8 Å². The smallest absolute Gasteiger partial charge is 0.325 e. The van der Waals surface area contributed by atoms with Gasteiger partial charge in [0.15, 0.2) is 0 Å². The van der Waals surface area contributed by atoms with Crippen LogP contribution in [0.3, 0.4) is 0 Å². The van der Waals surface area contributed by atoms with Gasteiger partial charge in [0.05, 0.1) is 6.10 Å². The Labute approximate surface area is 114 Å². The molecule has 4 nitrogen and oxygen atoms in total. The van der Waals surface area contributed by atoms with Gasteiger partial charge >= 0.3 is 5.97 Å². The fourth-order valence-electron chi connectivity index (χ4n) is 2.54. The van der Waals surface area contributed by atoms with E-state index in [1.807, 2.05) is 43.0 Å². The summed E-state index contributed by atoms with van der Waals surface area (Å²) in [6.45, 7) is 5.63. The maximum Gasteiger partial charge on any atom is 0.325 e. The number of hydrogen-bond acceptors (Lipinski definition) is 3. The number of benzene rings is 1. The van der Waals surface area contributed by atoms with Crippen LogP contribution in [-0.4, -0.2) is 35.2 Å². The number of carboxylic acid groups (broad SMARTS) is 1. The maximum absolute atomic E-state index is 11.5. The highest BCUT2D eigenvalue weighted by atomic mass is 16.5. The monoisotopic (exact) mass is 263 g/mol. The summed E-state index contributed by atoms with van der Waals surface area (Å²) in [4.78, 5) is 13.6. The number of likely N-dealkylation sites (tertiary alicyclic amines) is 1. The minimum absolute atomic E-state index is 0.0883. The van der Waals surface area contributed by atoms with Crippen LogP contribution in [0.15, 0.2) is 24.3 Å². The highest BCUT2D eigenvalue weighted by Gasteiger charge is 2.29. The molecule has 0 radical (unpaired) electrons. The van der Waals surface area contributed by atoms with E-state index < -0.39 is 12.0 Å². The Bertz CT molecular complexity index is 439. The quantitative estimate of drug-likeness (QED) is 0.887. The van der Waals surface area contributed by atoms with Gasteiger partial charge in [0, 0.05) is 0 Å². The first-order valence-corrected chi connectivity index (χ1v) is 6.81. The number of carbonyl (C=O) groups is 1. The number of carboxylic acids is 1. The Kier molecular flexibility index (Phi) is 4.43. The number of rotatable bonds is 5. The molecule has 1 heterocycles. The molecule has 1 saturated heterocycles. The maximum atomic E-state index is 11.5. The summed E-state index contributed by atoms with van der Waals surface area (Å²) in [7, 11) is 0. The van der Waals surface area contributed by atoms with E-state index in [0.717, 1.165) is 37.2 Å². The van der Waals surface area contributed by atoms with Crippen LogP contribution in [-0.2, 0) is 4.79 Å². The SMILES string of the molecule is CC(C)Oc1cccc(C(C(=O)O)N2CCCC2)c1. The Morgan fingerprint density at radius 3 is 2.58 bits per heavy atom. The average Bonchev–Trinajstić information content (AvgIpc) is 2.82. The van der Waals surface area contributed by atoms with E-state index in [2.05, 4.69) is 0 Å². The second kappa shape index (κ2) is 6.06. The number of nitrogens with zero attached hydrogens (tertiary/aromatic N) is 1. The zero-order valence-electron chi connectivity index (χ0n) is 11.5. The van der Waals surface area contributed by atoms with Gasteiger partial charge in [-0.2, -0.15) is 0 Å². The summed E-state index contributed by atoms with van der Waals surface area (Å²) in [5.74, 6) is -0.0541. The van der Waals surface area contributed by atoms with Crippen LogP contribution in [0.1, 0.15) is 38.3 Å². The van der Waals surface area contributed by atoms with Gasteiger partial charge < -0.3 is 9.84 Å². The highest BCUT2D eigenvalue weighted by Crippen LogP contribution is 2.28. The lowest BCUT2D eigenvalue weighted by Crippen LogP contribution is -2.31. The molecule has 0 aromatic heterocycles. The number of ether oxygens (including phenoxy) is 1. The minimum Gasteiger partial charge on any atom is -0.491 e. The molecule has 2 rings (SSSR count). The molecular formula is C15H21NO3. The highest BCUT2D eigenvalue weighted by molar-refractivity contribution is 5.75. The van der Waals surface area contributed by atoms with Crippen LogP contribution < -0.4 is 4.74 Å². The van der Waals surface area contributed by atoms with Crippen molar-refractivity contribution >= 4 is 5.97 Å². The van der Waals surface area contributed by atoms with Crippen molar-refractivity contribution < 1.29 is 14.6 Å². The molecule has 1 aliphatic heterocycles. The van der Waals surface area contributed by atoms with E-state index in [1.165, 1.54) is 0 Å². The fraction of sp³-hybridized carbons (Fsp3) is 0.533. The van der Waals surface area contributed by atoms with Crippen LogP contribution in [0.25, 0.3) is 0 Å². The molecule has 1 aromatic carbocycles. The topological polar surface area (TPSA) is 49.8 Å². The summed E-state index contributed by atoms with van der Waals surface area (Å²) < 4.78 is 5.64. The lowest BCUT2D eigenvalue weighted by molar-refractivity contribution is -0.143. The van der Waals surface area contributed by atoms with Crippen molar-refractivity contribution in [2.75, 3.05) is 13.1 Å². The van der Waals surface area contributed by atoms with Crippen LogP contribution in [0.5, 0.6) is 5.75 Å². The van der Waals surface area contributed by atoms with E-state index in [1.54, 1.807) is 0 Å². The molecule has 1 N–H and O–H groups in total. The molecule has 0 spiro atoms. The first-order valence-electron chi connectivity index (χ1n) is 6.81. The summed E-state index contributed by atoms with van der Waals surface area (Å²) in [5.41, 5.74) is 0.799. The summed E-state index contributed by atoms with van der Waals surface area (Å²) in [5, 5.41) is 9.48. The second-order valence-electron chi connectivity index (χ2n) is 5.22. The van der Waals surface area contributed by atoms with Gasteiger partial charge in [-0.05, 0) is 57.5 Å². The van der Waals surface area contributed by atoms with Gasteiger partial charge in [0.2, 0.25) is 0 Å². The zero-order valence-corrected chi connectivity index (χ0v) is 11.5. The van der Waals surface area contributed by atoms with E-state index in [9.17, 15) is 9.90 Å². The minimum atomic E-state index is -0.788. The molecule has 0 amide bonds. The fourth-order valence-corrected chi connectivity index (χ4v) is 2.54. The average molecular weight is 263 g/mol. The third-order valence-corrected chi connectivity index (χ3v) is 3.29. The van der Waals surface area contributed by atoms with Crippen molar-refractivity contribution in [2.45, 2.75) is 38.8 Å². The molecule has 0 saturated carbocycles. The van der Waals surface area contributed by atoms with Crippen LogP contribution in [0.4, 0.5) is 0 Å². The predicted molar refractivity (Wildman–Crippen MR) is 73.4 cm³/mol. The summed E-state index contributed by atoms with van der Waals surface area (Å²) in [6, 6.07) is 6.88. The van der Waals surface area contributed by atoms with Gasteiger partial charge in [0.25, 0.3) is 0 Å². The third kappa shape index (κ3) is 3.47. The first-order chi connectivity index (χ1) is 9.08. The van der Waals surface area contributed by atoms with E-state index in [-0.39, 0.29) is 6.10 Å². The Balaban J connectivity index is 2.23. The second-order valence-corrected chi connectivity index (χ2v) is 5.22. The predicted octanol–water partition coefficient (Wildman–Crippen LogP) is 2.70. The molecule has 4 heteroatoms. The number of aliphatic carboxylic acids is 1. The third-order valence-electron chi connectivity index (χ3n) is 3.29. The normalized spacial score (nSPS) is 17.6. The van der Waals surface area contributed by atoms with Crippen molar-refractivity contribution in [1.29, 1.82) is 0 Å². The molecule has 1 fully saturated rings. The van der Waals surface area contributed by atoms with Gasteiger partial charge in [-0.15, -0.1) is 0 Å². The standard InChI is InChI=1S/C15H21NO3/c1-11(2)19-13-7-5-6-12(10-13)14(15(17)18)16-8-3-4-9-16/h5-7,10-11,14H,3-4,8-9H2,1-2H3,(H,17,18). The van der Waals surface area contributed by atoms with Crippen molar-refractivity contribution in [3.8, 4) is 5.75 Å². The Morgan fingerprint density at radius 2 is 2.00 bits per heavy atom. The van der Waals surface area contributed by atoms with Crippen molar-refractivity contribution in [2.24, 2.45) is 0 Å². The van der Waals surface area contributed by atoms with Gasteiger partial charge in [-0.1, -0.05) is 12.1 Å². The molecule has 1 aliphatic rings. The summed E-state index contributed by atoms with van der Waals surface area (Å²) in [6.07, 6.45) is 2.24. The molecule has 0 bridgehead atoms. The van der Waals surface area contributed by atoms with Crippen molar-refractivity contribution in [1.82, 2.24) is 4.90 Å². The Hall–Kier alpha value is -1.55. The number of hydrogen-bond donors (Lipinski definition) is 1. The largest absolute Gasteiger partial charge is 0.491 e. The lowest BCUT2D eigenvalue weighted by Gasteiger charge is -2.24. The molecule has 104 valence electrons. The van der Waals surface area contributed by atoms with Crippen LogP contribution in [0.2, 0.25) is 0 Å². The molecular weight excluding hydrogens is 242 g/mol. The molecule has 1 atom stereocenters. The van der Waals surface area contributed by atoms with E-state index >= 15 is 0 Å². The molecule has 19 heavy (non-hydrogen) atoms. The van der Waals surface area contributed by atoms with Crippen LogP contribution in [0, 0.1) is 0 Å². The van der Waals surface area contributed by atoms with E-state index in [0.29, 0.717) is 0 Å². The first kappa shape index (κ1) is 13.9. The van der Waals surface area contributed by atoms with Gasteiger partial charge in [0.1, 0.15) is 11.8 Å². The molecule has 1 unspecified atom stereocenters. The van der Waals surface area contributed by atoms with Crippen molar-refractivity contribution in [3.63, 3.8) is 0 Å².